The molecule has 0 saturated carbocycles. The van der Waals surface area contributed by atoms with Crippen molar-refractivity contribution >= 4 is 11.8 Å². The van der Waals surface area contributed by atoms with E-state index >= 15 is 0 Å². The van der Waals surface area contributed by atoms with Crippen molar-refractivity contribution in [1.82, 2.24) is 19.6 Å². The third-order valence-electron chi connectivity index (χ3n) is 6.31. The number of ether oxygens (including phenoxy) is 1. The Morgan fingerprint density at radius 3 is 2.32 bits per heavy atom. The molecule has 0 aliphatic carbocycles. The van der Waals surface area contributed by atoms with Crippen molar-refractivity contribution in [1.29, 1.82) is 0 Å². The fourth-order valence-corrected chi connectivity index (χ4v) is 4.17. The second kappa shape index (κ2) is 10.1. The van der Waals surface area contributed by atoms with Crippen LogP contribution in [0.25, 0.3) is 0 Å². The van der Waals surface area contributed by atoms with E-state index in [1.54, 1.807) is 7.11 Å². The number of aromatic nitrogens is 2. The number of amides is 2. The monoisotopic (exact) mass is 426 g/mol. The predicted octanol–water partition coefficient (Wildman–Crippen LogP) is 2.87. The highest BCUT2D eigenvalue weighted by molar-refractivity contribution is 5.94. The van der Waals surface area contributed by atoms with E-state index < -0.39 is 0 Å². The van der Waals surface area contributed by atoms with E-state index in [-0.39, 0.29) is 17.7 Å². The maximum atomic E-state index is 13.4. The van der Waals surface area contributed by atoms with Crippen LogP contribution < -0.4 is 0 Å². The third-order valence-corrected chi connectivity index (χ3v) is 6.31. The van der Waals surface area contributed by atoms with Gasteiger partial charge in [0.2, 0.25) is 5.91 Å². The average Bonchev–Trinajstić information content (AvgIpc) is 3.01. The van der Waals surface area contributed by atoms with Gasteiger partial charge in [-0.1, -0.05) is 17.7 Å². The fourth-order valence-electron chi connectivity index (χ4n) is 4.17. The van der Waals surface area contributed by atoms with Gasteiger partial charge in [-0.2, -0.15) is 5.10 Å². The number of hydrogen-bond acceptors (Lipinski definition) is 4. The summed E-state index contributed by atoms with van der Waals surface area (Å²) in [5, 5.41) is 4.48. The summed E-state index contributed by atoms with van der Waals surface area (Å²) in [5.41, 5.74) is 4.97. The highest BCUT2D eigenvalue weighted by atomic mass is 16.5. The number of piperidine rings is 1. The predicted molar refractivity (Wildman–Crippen MR) is 120 cm³/mol. The number of hydrogen-bond donors (Lipinski definition) is 0. The first kappa shape index (κ1) is 23.0. The Morgan fingerprint density at radius 1 is 1.13 bits per heavy atom. The normalized spacial score (nSPS) is 14.7. The topological polar surface area (TPSA) is 67.7 Å². The molecule has 1 saturated heterocycles. The molecule has 0 radical (unpaired) electrons. The van der Waals surface area contributed by atoms with Gasteiger partial charge in [-0.3, -0.25) is 14.3 Å². The number of rotatable bonds is 7. The first-order valence-corrected chi connectivity index (χ1v) is 10.9. The summed E-state index contributed by atoms with van der Waals surface area (Å²) in [6, 6.07) is 7.67. The molecule has 1 fully saturated rings. The lowest BCUT2D eigenvalue weighted by molar-refractivity contribution is -0.138. The Balaban J connectivity index is 1.64. The van der Waals surface area contributed by atoms with Crippen LogP contribution in [0.1, 0.15) is 45.7 Å². The molecule has 7 nitrogen and oxygen atoms in total. The molecule has 1 aromatic carbocycles. The second-order valence-electron chi connectivity index (χ2n) is 8.46. The molecule has 168 valence electrons. The summed E-state index contributed by atoms with van der Waals surface area (Å²) < 4.78 is 7.11. The number of likely N-dealkylation sites (tertiary alicyclic amines) is 1. The molecule has 1 aliphatic rings. The van der Waals surface area contributed by atoms with Gasteiger partial charge in [0, 0.05) is 63.1 Å². The molecule has 2 amide bonds. The minimum Gasteiger partial charge on any atom is -0.383 e. The standard InChI is InChI=1S/C24H34N4O3/c1-17-6-8-20(9-7-17)23(29)27-12-10-21(11-13-27)24(30)28(14-15-31-5)16-22-18(2)25-26(4)19(22)3/h6-9,21H,10-16H2,1-5H3. The minimum absolute atomic E-state index is 0.0451. The molecule has 0 atom stereocenters. The van der Waals surface area contributed by atoms with Crippen LogP contribution in [0.2, 0.25) is 0 Å². The van der Waals surface area contributed by atoms with E-state index in [4.69, 9.17) is 4.74 Å². The first-order chi connectivity index (χ1) is 14.8. The number of carbonyl (C=O) groups excluding carboxylic acids is 2. The first-order valence-electron chi connectivity index (χ1n) is 10.9. The summed E-state index contributed by atoms with van der Waals surface area (Å²) in [5.74, 6) is 0.113. The molecule has 0 spiro atoms. The second-order valence-corrected chi connectivity index (χ2v) is 8.46. The van der Waals surface area contributed by atoms with Crippen molar-refractivity contribution in [2.45, 2.75) is 40.2 Å². The van der Waals surface area contributed by atoms with Crippen molar-refractivity contribution in [2.75, 3.05) is 33.4 Å². The Bertz CT molecular complexity index is 912. The molecule has 0 bridgehead atoms. The molecule has 0 unspecified atom stereocenters. The zero-order valence-corrected chi connectivity index (χ0v) is 19.4. The van der Waals surface area contributed by atoms with Crippen LogP contribution in [-0.4, -0.2) is 64.7 Å². The summed E-state index contributed by atoms with van der Waals surface area (Å²) in [7, 11) is 3.58. The van der Waals surface area contributed by atoms with Gasteiger partial charge in [0.15, 0.2) is 0 Å². The molecule has 31 heavy (non-hydrogen) atoms. The van der Waals surface area contributed by atoms with Gasteiger partial charge >= 0.3 is 0 Å². The lowest BCUT2D eigenvalue weighted by Gasteiger charge is -2.34. The zero-order valence-electron chi connectivity index (χ0n) is 19.4. The molecule has 1 aromatic heterocycles. The van der Waals surface area contributed by atoms with Crippen LogP contribution in [0.3, 0.4) is 0 Å². The number of carbonyl (C=O) groups is 2. The van der Waals surface area contributed by atoms with Crippen LogP contribution in [0.15, 0.2) is 24.3 Å². The maximum absolute atomic E-state index is 13.4. The number of benzene rings is 1. The Morgan fingerprint density at radius 2 is 1.77 bits per heavy atom. The van der Waals surface area contributed by atoms with E-state index in [1.807, 2.05) is 66.6 Å². The van der Waals surface area contributed by atoms with Gasteiger partial charge in [-0.15, -0.1) is 0 Å². The summed E-state index contributed by atoms with van der Waals surface area (Å²) in [4.78, 5) is 29.9. The third kappa shape index (κ3) is 5.34. The van der Waals surface area contributed by atoms with E-state index in [0.717, 1.165) is 22.5 Å². The number of aryl methyl sites for hydroxylation is 3. The summed E-state index contributed by atoms with van der Waals surface area (Å²) in [6.45, 7) is 8.81. The fraction of sp³-hybridized carbons (Fsp3) is 0.542. The Labute approximate surface area is 185 Å². The molecule has 2 aromatic rings. The summed E-state index contributed by atoms with van der Waals surface area (Å²) >= 11 is 0. The van der Waals surface area contributed by atoms with Gasteiger partial charge in [0.1, 0.15) is 0 Å². The molecule has 1 aliphatic heterocycles. The van der Waals surface area contributed by atoms with E-state index in [1.165, 1.54) is 0 Å². The lowest BCUT2D eigenvalue weighted by Crippen LogP contribution is -2.45. The quantitative estimate of drug-likeness (QED) is 0.683. The molecular weight excluding hydrogens is 392 g/mol. The van der Waals surface area contributed by atoms with Gasteiger partial charge < -0.3 is 14.5 Å². The van der Waals surface area contributed by atoms with Gasteiger partial charge in [0.25, 0.3) is 5.91 Å². The summed E-state index contributed by atoms with van der Waals surface area (Å²) in [6.07, 6.45) is 1.37. The van der Waals surface area contributed by atoms with Crippen LogP contribution in [0.5, 0.6) is 0 Å². The van der Waals surface area contributed by atoms with Crippen molar-refractivity contribution in [3.8, 4) is 0 Å². The number of methoxy groups -OCH3 is 1. The average molecular weight is 427 g/mol. The van der Waals surface area contributed by atoms with Crippen molar-refractivity contribution < 1.29 is 14.3 Å². The Kier molecular flexibility index (Phi) is 7.49. The lowest BCUT2D eigenvalue weighted by atomic mass is 9.94. The highest BCUT2D eigenvalue weighted by Gasteiger charge is 2.31. The molecule has 3 rings (SSSR count). The van der Waals surface area contributed by atoms with Crippen LogP contribution >= 0.6 is 0 Å². The molecule has 2 heterocycles. The van der Waals surface area contributed by atoms with Crippen LogP contribution in [-0.2, 0) is 23.1 Å². The molecule has 7 heteroatoms. The minimum atomic E-state index is -0.0730. The van der Waals surface area contributed by atoms with E-state index in [9.17, 15) is 9.59 Å². The largest absolute Gasteiger partial charge is 0.383 e. The van der Waals surface area contributed by atoms with E-state index in [0.29, 0.717) is 51.2 Å². The smallest absolute Gasteiger partial charge is 0.253 e. The van der Waals surface area contributed by atoms with Crippen LogP contribution in [0, 0.1) is 26.7 Å². The number of nitrogens with zero attached hydrogens (tertiary/aromatic N) is 4. The van der Waals surface area contributed by atoms with Crippen molar-refractivity contribution in [3.63, 3.8) is 0 Å². The molecule has 0 N–H and O–H groups in total. The molecular formula is C24H34N4O3. The van der Waals surface area contributed by atoms with Gasteiger partial charge in [0.05, 0.1) is 12.3 Å². The van der Waals surface area contributed by atoms with Crippen LogP contribution in [0.4, 0.5) is 0 Å². The van der Waals surface area contributed by atoms with Crippen molar-refractivity contribution in [2.24, 2.45) is 13.0 Å². The SMILES string of the molecule is COCCN(Cc1c(C)nn(C)c1C)C(=O)C1CCN(C(=O)c2ccc(C)cc2)CC1. The van der Waals surface area contributed by atoms with E-state index in [2.05, 4.69) is 5.10 Å². The van der Waals surface area contributed by atoms with Gasteiger partial charge in [-0.25, -0.2) is 0 Å². The maximum Gasteiger partial charge on any atom is 0.253 e. The highest BCUT2D eigenvalue weighted by Crippen LogP contribution is 2.23. The zero-order chi connectivity index (χ0) is 22.5. The Hall–Kier alpha value is -2.67. The van der Waals surface area contributed by atoms with Crippen molar-refractivity contribution in [3.05, 3.63) is 52.3 Å². The van der Waals surface area contributed by atoms with Gasteiger partial charge in [-0.05, 0) is 45.7 Å².